The average Bonchev–Trinajstić information content (AvgIpc) is 2.43. The van der Waals surface area contributed by atoms with Gasteiger partial charge in [0.2, 0.25) is 0 Å². The number of anilines is 1. The molecule has 0 spiro atoms. The van der Waals surface area contributed by atoms with Crippen molar-refractivity contribution in [3.8, 4) is 5.75 Å². The second-order valence-electron chi connectivity index (χ2n) is 7.45. The molecule has 0 saturated carbocycles. The lowest BCUT2D eigenvalue weighted by atomic mass is 9.98. The van der Waals surface area contributed by atoms with Gasteiger partial charge in [0.15, 0.2) is 8.32 Å². The molecule has 1 heterocycles. The molecule has 21 heavy (non-hydrogen) atoms. The molecular weight excluding hydrogens is 278 g/mol. The quantitative estimate of drug-likeness (QED) is 0.834. The first-order valence-electron chi connectivity index (χ1n) is 7.81. The zero-order chi connectivity index (χ0) is 15.7. The van der Waals surface area contributed by atoms with Gasteiger partial charge in [0, 0.05) is 6.04 Å². The molecule has 1 atom stereocenters. The van der Waals surface area contributed by atoms with Crippen LogP contribution in [0.3, 0.4) is 0 Å². The van der Waals surface area contributed by atoms with Crippen molar-refractivity contribution in [2.75, 3.05) is 19.0 Å². The van der Waals surface area contributed by atoms with Crippen LogP contribution in [0.4, 0.5) is 5.69 Å². The molecule has 0 unspecified atom stereocenters. The minimum Gasteiger partial charge on any atom is -0.495 e. The van der Waals surface area contributed by atoms with Gasteiger partial charge in [-0.2, -0.15) is 0 Å². The second kappa shape index (κ2) is 6.01. The molecule has 1 aromatic carbocycles. The summed E-state index contributed by atoms with van der Waals surface area (Å²) < 4.78 is 11.8. The fraction of sp³-hybridized carbons (Fsp3) is 0.647. The third-order valence-electron chi connectivity index (χ3n) is 4.89. The van der Waals surface area contributed by atoms with E-state index in [0.29, 0.717) is 6.04 Å². The van der Waals surface area contributed by atoms with Crippen molar-refractivity contribution >= 4 is 14.0 Å². The summed E-state index contributed by atoms with van der Waals surface area (Å²) in [5.41, 5.74) is 2.49. The van der Waals surface area contributed by atoms with Gasteiger partial charge in [0.1, 0.15) is 5.75 Å². The molecule has 0 fully saturated rings. The Morgan fingerprint density at radius 2 is 2.00 bits per heavy atom. The summed E-state index contributed by atoms with van der Waals surface area (Å²) in [5.74, 6) is 0.935. The zero-order valence-corrected chi connectivity index (χ0v) is 15.2. The molecule has 1 aliphatic heterocycles. The van der Waals surface area contributed by atoms with Crippen LogP contribution in [-0.2, 0) is 10.8 Å². The maximum atomic E-state index is 6.36. The lowest BCUT2D eigenvalue weighted by Gasteiger charge is -2.38. The Kier molecular flexibility index (Phi) is 4.68. The van der Waals surface area contributed by atoms with E-state index in [1.54, 1.807) is 7.11 Å². The third kappa shape index (κ3) is 3.61. The van der Waals surface area contributed by atoms with Gasteiger partial charge < -0.3 is 14.5 Å². The molecule has 0 saturated heterocycles. The van der Waals surface area contributed by atoms with E-state index in [4.69, 9.17) is 9.16 Å². The van der Waals surface area contributed by atoms with E-state index in [9.17, 15) is 0 Å². The number of nitrogens with one attached hydrogen (secondary N) is 1. The highest BCUT2D eigenvalue weighted by molar-refractivity contribution is 6.74. The van der Waals surface area contributed by atoms with Crippen molar-refractivity contribution in [2.24, 2.45) is 0 Å². The Balaban J connectivity index is 2.02. The Labute approximate surface area is 130 Å². The van der Waals surface area contributed by atoms with Crippen molar-refractivity contribution in [3.63, 3.8) is 0 Å². The van der Waals surface area contributed by atoms with Gasteiger partial charge in [-0.25, -0.2) is 0 Å². The highest BCUT2D eigenvalue weighted by Crippen LogP contribution is 2.38. The minimum absolute atomic E-state index is 0.261. The smallest absolute Gasteiger partial charge is 0.192 e. The van der Waals surface area contributed by atoms with Crippen LogP contribution in [0.15, 0.2) is 18.2 Å². The molecule has 0 bridgehead atoms. The van der Waals surface area contributed by atoms with E-state index >= 15 is 0 Å². The summed E-state index contributed by atoms with van der Waals surface area (Å²) >= 11 is 0. The zero-order valence-electron chi connectivity index (χ0n) is 14.2. The number of methoxy groups -OCH3 is 1. The van der Waals surface area contributed by atoms with Gasteiger partial charge in [-0.15, -0.1) is 0 Å². The standard InChI is InChI=1S/C17H29NO2Si/c1-17(2,3)21(5,6)20-12-14-11-10-13-8-7-9-15(19-4)16(13)18-14/h7-9,14,18H,10-12H2,1-6H3/t14-/m1/s1. The molecule has 0 radical (unpaired) electrons. The lowest BCUT2D eigenvalue weighted by Crippen LogP contribution is -2.44. The lowest BCUT2D eigenvalue weighted by molar-refractivity contribution is 0.263. The van der Waals surface area contributed by atoms with Gasteiger partial charge in [-0.05, 0) is 42.6 Å². The van der Waals surface area contributed by atoms with Crippen LogP contribution in [0.1, 0.15) is 32.8 Å². The maximum absolute atomic E-state index is 6.36. The Bertz CT molecular complexity index is 480. The number of ether oxygens (including phenoxy) is 1. The van der Waals surface area contributed by atoms with E-state index in [1.807, 2.05) is 6.07 Å². The first kappa shape index (κ1) is 16.4. The molecule has 0 aromatic heterocycles. The van der Waals surface area contributed by atoms with Crippen LogP contribution >= 0.6 is 0 Å². The van der Waals surface area contributed by atoms with Crippen molar-refractivity contribution in [1.29, 1.82) is 0 Å². The van der Waals surface area contributed by atoms with Crippen LogP contribution in [0.2, 0.25) is 18.1 Å². The Morgan fingerprint density at radius 1 is 1.29 bits per heavy atom. The van der Waals surface area contributed by atoms with Gasteiger partial charge in [-0.1, -0.05) is 32.9 Å². The van der Waals surface area contributed by atoms with Crippen LogP contribution < -0.4 is 10.1 Å². The van der Waals surface area contributed by atoms with Gasteiger partial charge >= 0.3 is 0 Å². The second-order valence-corrected chi connectivity index (χ2v) is 12.3. The topological polar surface area (TPSA) is 30.5 Å². The summed E-state index contributed by atoms with van der Waals surface area (Å²) in [6.07, 6.45) is 2.21. The van der Waals surface area contributed by atoms with Crippen molar-refractivity contribution in [2.45, 2.75) is 57.8 Å². The third-order valence-corrected chi connectivity index (χ3v) is 9.40. The fourth-order valence-electron chi connectivity index (χ4n) is 2.38. The molecule has 3 nitrogen and oxygen atoms in total. The highest BCUT2D eigenvalue weighted by Gasteiger charge is 2.37. The van der Waals surface area contributed by atoms with Gasteiger partial charge in [0.25, 0.3) is 0 Å². The van der Waals surface area contributed by atoms with Gasteiger partial charge in [0.05, 0.1) is 19.4 Å². The predicted octanol–water partition coefficient (Wildman–Crippen LogP) is 4.44. The number of hydrogen-bond acceptors (Lipinski definition) is 3. The van der Waals surface area contributed by atoms with Crippen molar-refractivity contribution in [1.82, 2.24) is 0 Å². The molecule has 4 heteroatoms. The summed E-state index contributed by atoms with van der Waals surface area (Å²) in [7, 11) is 0.0556. The van der Waals surface area contributed by atoms with E-state index in [2.05, 4.69) is 51.3 Å². The van der Waals surface area contributed by atoms with Crippen molar-refractivity contribution < 1.29 is 9.16 Å². The van der Waals surface area contributed by atoms with Crippen LogP contribution in [0.25, 0.3) is 0 Å². The normalized spacial score (nSPS) is 18.9. The monoisotopic (exact) mass is 307 g/mol. The molecular formula is C17H29NO2Si. The first-order valence-corrected chi connectivity index (χ1v) is 10.7. The number of rotatable bonds is 4. The van der Waals surface area contributed by atoms with Gasteiger partial charge in [-0.3, -0.25) is 0 Å². The van der Waals surface area contributed by atoms with E-state index < -0.39 is 8.32 Å². The van der Waals surface area contributed by atoms with Crippen LogP contribution in [0, 0.1) is 0 Å². The summed E-state index contributed by atoms with van der Waals surface area (Å²) in [6.45, 7) is 12.3. The van der Waals surface area contributed by atoms with Crippen LogP contribution in [-0.4, -0.2) is 28.1 Å². The number of benzene rings is 1. The van der Waals surface area contributed by atoms with E-state index in [-0.39, 0.29) is 5.04 Å². The summed E-state index contributed by atoms with van der Waals surface area (Å²) in [6, 6.07) is 6.63. The van der Waals surface area contributed by atoms with Crippen molar-refractivity contribution in [3.05, 3.63) is 23.8 Å². The number of hydrogen-bond donors (Lipinski definition) is 1. The van der Waals surface area contributed by atoms with E-state index in [0.717, 1.165) is 30.9 Å². The summed E-state index contributed by atoms with van der Waals surface area (Å²) in [4.78, 5) is 0. The number of aryl methyl sites for hydroxylation is 1. The molecule has 0 aliphatic carbocycles. The molecule has 118 valence electrons. The molecule has 2 rings (SSSR count). The Hall–Kier alpha value is -1.00. The predicted molar refractivity (Wildman–Crippen MR) is 91.9 cm³/mol. The molecule has 1 aliphatic rings. The molecule has 0 amide bonds. The van der Waals surface area contributed by atoms with E-state index in [1.165, 1.54) is 5.56 Å². The fourth-order valence-corrected chi connectivity index (χ4v) is 3.43. The molecule has 1 aromatic rings. The number of fused-ring (bicyclic) bond motifs is 1. The average molecular weight is 308 g/mol. The van der Waals surface area contributed by atoms with Crippen LogP contribution in [0.5, 0.6) is 5.75 Å². The Morgan fingerprint density at radius 3 is 2.62 bits per heavy atom. The highest BCUT2D eigenvalue weighted by atomic mass is 28.4. The SMILES string of the molecule is COc1cccc2c1N[C@@H](CO[Si](C)(C)C(C)(C)C)CC2. The minimum atomic E-state index is -1.67. The molecule has 1 N–H and O–H groups in total. The number of para-hydroxylation sites is 1. The summed E-state index contributed by atoms with van der Waals surface area (Å²) in [5, 5.41) is 3.87. The maximum Gasteiger partial charge on any atom is 0.192 e. The largest absolute Gasteiger partial charge is 0.495 e. The first-order chi connectivity index (χ1) is 9.74.